The van der Waals surface area contributed by atoms with Gasteiger partial charge in [0.05, 0.1) is 0 Å². The van der Waals surface area contributed by atoms with Gasteiger partial charge < -0.3 is 0 Å². The number of hydrogen-bond donors (Lipinski definition) is 0. The van der Waals surface area contributed by atoms with E-state index in [1.165, 1.54) is 0 Å². The van der Waals surface area contributed by atoms with Crippen molar-refractivity contribution in [1.82, 2.24) is 0 Å². The lowest BCUT2D eigenvalue weighted by atomic mass is 9.83. The van der Waals surface area contributed by atoms with Gasteiger partial charge in [-0.25, -0.2) is 8.78 Å². The van der Waals surface area contributed by atoms with Gasteiger partial charge in [0.15, 0.2) is 0 Å². The zero-order valence-corrected chi connectivity index (χ0v) is 8.32. The number of halogens is 2. The van der Waals surface area contributed by atoms with Crippen molar-refractivity contribution in [2.75, 3.05) is 0 Å². The van der Waals surface area contributed by atoms with Gasteiger partial charge in [-0.05, 0) is 18.8 Å². The summed E-state index contributed by atoms with van der Waals surface area (Å²) in [5, 5.41) is 0. The molecule has 0 aromatic rings. The van der Waals surface area contributed by atoms with E-state index in [2.05, 4.69) is 6.92 Å². The summed E-state index contributed by atoms with van der Waals surface area (Å²) in [4.78, 5) is 0. The molecular formula is C10H20F2. The fraction of sp³-hybridized carbons (Fsp3) is 1.00. The van der Waals surface area contributed by atoms with Crippen molar-refractivity contribution in [1.29, 1.82) is 0 Å². The Morgan fingerprint density at radius 2 is 1.42 bits per heavy atom. The van der Waals surface area contributed by atoms with Crippen LogP contribution in [0.5, 0.6) is 0 Å². The lowest BCUT2D eigenvalue weighted by Crippen LogP contribution is -2.18. The van der Waals surface area contributed by atoms with Crippen molar-refractivity contribution in [3.8, 4) is 0 Å². The Bertz CT molecular complexity index is 94.0. The Morgan fingerprint density at radius 1 is 1.00 bits per heavy atom. The van der Waals surface area contributed by atoms with Crippen LogP contribution in [0.1, 0.15) is 46.5 Å². The molecule has 0 atom stereocenters. The Labute approximate surface area is 74.4 Å². The maximum atomic E-state index is 12.0. The summed E-state index contributed by atoms with van der Waals surface area (Å²) in [5.41, 5.74) is 0. The first-order chi connectivity index (χ1) is 5.70. The minimum absolute atomic E-state index is 0.295. The quantitative estimate of drug-likeness (QED) is 0.567. The Kier molecular flexibility index (Phi) is 6.31. The highest BCUT2D eigenvalue weighted by atomic mass is 19.3. The summed E-state index contributed by atoms with van der Waals surface area (Å²) >= 11 is 0. The first-order valence-electron chi connectivity index (χ1n) is 4.98. The van der Waals surface area contributed by atoms with Gasteiger partial charge in [-0.1, -0.05) is 33.6 Å². The molecule has 1 fully saturated rings. The van der Waals surface area contributed by atoms with E-state index in [1.807, 2.05) is 13.8 Å². The van der Waals surface area contributed by atoms with E-state index in [4.69, 9.17) is 0 Å². The van der Waals surface area contributed by atoms with Crippen molar-refractivity contribution in [2.24, 2.45) is 11.8 Å². The lowest BCUT2D eigenvalue weighted by Gasteiger charge is -2.25. The number of alkyl halides is 2. The summed E-state index contributed by atoms with van der Waals surface area (Å²) in [6.07, 6.45) is 1.38. The average Bonchev–Trinajstić information content (AvgIpc) is 2.09. The number of rotatable bonds is 1. The second kappa shape index (κ2) is 6.38. The predicted octanol–water partition coefficient (Wildman–Crippen LogP) is 4.10. The molecule has 0 heterocycles. The summed E-state index contributed by atoms with van der Waals surface area (Å²) in [6, 6.07) is 0. The molecule has 0 nitrogen and oxygen atoms in total. The molecular weight excluding hydrogens is 158 g/mol. The lowest BCUT2D eigenvalue weighted by molar-refractivity contribution is 0.0484. The van der Waals surface area contributed by atoms with Gasteiger partial charge >= 0.3 is 0 Å². The Hall–Kier alpha value is -0.140. The molecule has 0 N–H and O–H groups in total. The average molecular weight is 178 g/mol. The second-order valence-corrected chi connectivity index (χ2v) is 3.35. The zero-order valence-electron chi connectivity index (χ0n) is 8.32. The van der Waals surface area contributed by atoms with Crippen LogP contribution in [0, 0.1) is 11.8 Å². The van der Waals surface area contributed by atoms with E-state index in [0.29, 0.717) is 5.92 Å². The first kappa shape index (κ1) is 11.9. The summed E-state index contributed by atoms with van der Waals surface area (Å²) in [7, 11) is 0. The van der Waals surface area contributed by atoms with Crippen LogP contribution in [-0.4, -0.2) is 6.43 Å². The zero-order chi connectivity index (χ0) is 9.56. The van der Waals surface area contributed by atoms with E-state index in [9.17, 15) is 8.78 Å². The molecule has 0 aliphatic heterocycles. The molecule has 2 heteroatoms. The topological polar surface area (TPSA) is 0 Å². The van der Waals surface area contributed by atoms with E-state index >= 15 is 0 Å². The largest absolute Gasteiger partial charge is 0.241 e. The molecule has 0 saturated heterocycles. The van der Waals surface area contributed by atoms with E-state index in [-0.39, 0.29) is 5.92 Å². The molecule has 0 bridgehead atoms. The highest BCUT2D eigenvalue weighted by molar-refractivity contribution is 4.71. The molecule has 0 aromatic carbocycles. The van der Waals surface area contributed by atoms with Gasteiger partial charge in [-0.15, -0.1) is 0 Å². The molecule has 1 rings (SSSR count). The first-order valence-corrected chi connectivity index (χ1v) is 4.98. The molecule has 1 saturated carbocycles. The van der Waals surface area contributed by atoms with Crippen LogP contribution in [-0.2, 0) is 0 Å². The van der Waals surface area contributed by atoms with Crippen LogP contribution in [0.15, 0.2) is 0 Å². The van der Waals surface area contributed by atoms with Crippen LogP contribution < -0.4 is 0 Å². The maximum Gasteiger partial charge on any atom is 0.241 e. The van der Waals surface area contributed by atoms with Gasteiger partial charge in [0.25, 0.3) is 0 Å². The normalized spacial score (nSPS) is 29.5. The highest BCUT2D eigenvalue weighted by Crippen LogP contribution is 2.31. The highest BCUT2D eigenvalue weighted by Gasteiger charge is 2.24. The predicted molar refractivity (Wildman–Crippen MR) is 48.5 cm³/mol. The molecule has 0 radical (unpaired) electrons. The minimum Gasteiger partial charge on any atom is -0.210 e. The van der Waals surface area contributed by atoms with Crippen LogP contribution in [0.2, 0.25) is 0 Å². The molecule has 1 aliphatic carbocycles. The molecule has 74 valence electrons. The maximum absolute atomic E-state index is 12.0. The molecule has 12 heavy (non-hydrogen) atoms. The summed E-state index contributed by atoms with van der Waals surface area (Å²) in [5.74, 6) is 0.381. The van der Waals surface area contributed by atoms with Crippen molar-refractivity contribution in [3.05, 3.63) is 0 Å². The van der Waals surface area contributed by atoms with Crippen LogP contribution in [0.25, 0.3) is 0 Å². The Morgan fingerprint density at radius 3 is 1.75 bits per heavy atom. The molecule has 1 aliphatic rings. The van der Waals surface area contributed by atoms with E-state index in [1.54, 1.807) is 0 Å². The van der Waals surface area contributed by atoms with Crippen LogP contribution in [0.3, 0.4) is 0 Å². The summed E-state index contributed by atoms with van der Waals surface area (Å²) < 4.78 is 24.1. The van der Waals surface area contributed by atoms with Crippen molar-refractivity contribution < 1.29 is 8.78 Å². The van der Waals surface area contributed by atoms with E-state index < -0.39 is 6.43 Å². The smallest absolute Gasteiger partial charge is 0.210 e. The van der Waals surface area contributed by atoms with Crippen LogP contribution >= 0.6 is 0 Å². The fourth-order valence-corrected chi connectivity index (χ4v) is 1.54. The van der Waals surface area contributed by atoms with Gasteiger partial charge in [0, 0.05) is 5.92 Å². The third-order valence-corrected chi connectivity index (χ3v) is 2.42. The second-order valence-electron chi connectivity index (χ2n) is 3.35. The van der Waals surface area contributed by atoms with E-state index in [0.717, 1.165) is 25.7 Å². The third kappa shape index (κ3) is 4.03. The molecule has 0 unspecified atom stereocenters. The standard InChI is InChI=1S/C8H14F2.C2H6/c1-6-2-4-7(5-3-6)8(9)10;1-2/h6-8H,2-5H2,1H3;1-2H3. The van der Waals surface area contributed by atoms with Gasteiger partial charge in [-0.2, -0.15) is 0 Å². The van der Waals surface area contributed by atoms with Gasteiger partial charge in [0.2, 0.25) is 6.43 Å². The Balaban J connectivity index is 0.000000561. The summed E-state index contributed by atoms with van der Waals surface area (Å²) in [6.45, 7) is 6.14. The van der Waals surface area contributed by atoms with Crippen molar-refractivity contribution in [2.45, 2.75) is 52.9 Å². The van der Waals surface area contributed by atoms with Crippen molar-refractivity contribution in [3.63, 3.8) is 0 Å². The molecule has 0 aromatic heterocycles. The SMILES string of the molecule is CC.CC1CCC(C(F)F)CC1. The number of hydrogen-bond acceptors (Lipinski definition) is 0. The molecule has 0 spiro atoms. The fourth-order valence-electron chi connectivity index (χ4n) is 1.54. The molecule has 0 amide bonds. The van der Waals surface area contributed by atoms with Crippen molar-refractivity contribution >= 4 is 0 Å². The third-order valence-electron chi connectivity index (χ3n) is 2.42. The van der Waals surface area contributed by atoms with Gasteiger partial charge in [0.1, 0.15) is 0 Å². The van der Waals surface area contributed by atoms with Crippen LogP contribution in [0.4, 0.5) is 8.78 Å². The minimum atomic E-state index is -2.08. The monoisotopic (exact) mass is 178 g/mol. The van der Waals surface area contributed by atoms with Gasteiger partial charge in [-0.3, -0.25) is 0 Å².